The summed E-state index contributed by atoms with van der Waals surface area (Å²) in [6.07, 6.45) is 5.64. The number of hydrogen-bond acceptors (Lipinski definition) is 2. The van der Waals surface area contributed by atoms with Crippen LogP contribution < -0.4 is 0 Å². The van der Waals surface area contributed by atoms with Crippen molar-refractivity contribution in [3.05, 3.63) is 48.6 Å². The molecule has 2 rings (SSSR count). The van der Waals surface area contributed by atoms with Gasteiger partial charge in [0.1, 0.15) is 0 Å². The maximum Gasteiger partial charge on any atom is 0.0814 e. The molecule has 0 spiro atoms. The van der Waals surface area contributed by atoms with Crippen molar-refractivity contribution in [3.8, 4) is 0 Å². The predicted octanol–water partition coefficient (Wildman–Crippen LogP) is 3.33. The lowest BCUT2D eigenvalue weighted by molar-refractivity contribution is -0.0893. The van der Waals surface area contributed by atoms with Gasteiger partial charge in [0.2, 0.25) is 0 Å². The molecule has 1 saturated heterocycles. The molecule has 0 aliphatic carbocycles. The second kappa shape index (κ2) is 6.58. The van der Waals surface area contributed by atoms with Crippen LogP contribution in [-0.2, 0) is 16.1 Å². The third-order valence-electron chi connectivity index (χ3n) is 3.09. The summed E-state index contributed by atoms with van der Waals surface area (Å²) in [5.41, 5.74) is 1.22. The van der Waals surface area contributed by atoms with E-state index in [1.54, 1.807) is 0 Å². The first-order valence-corrected chi connectivity index (χ1v) is 6.26. The van der Waals surface area contributed by atoms with Gasteiger partial charge in [-0.25, -0.2) is 0 Å². The van der Waals surface area contributed by atoms with E-state index >= 15 is 0 Å². The van der Waals surface area contributed by atoms with E-state index in [0.29, 0.717) is 19.3 Å². The van der Waals surface area contributed by atoms with Gasteiger partial charge in [-0.3, -0.25) is 0 Å². The molecule has 0 amide bonds. The topological polar surface area (TPSA) is 18.5 Å². The minimum Gasteiger partial charge on any atom is -0.375 e. The SMILES string of the molecule is C=CC[C@H]1CC[C@@H](OCc2ccccc2)CO1. The van der Waals surface area contributed by atoms with Crippen LogP contribution in [0.1, 0.15) is 24.8 Å². The Kier molecular flexibility index (Phi) is 4.77. The molecule has 0 bridgehead atoms. The molecule has 1 heterocycles. The van der Waals surface area contributed by atoms with Crippen LogP contribution in [0.4, 0.5) is 0 Å². The third kappa shape index (κ3) is 3.99. The molecular weight excluding hydrogens is 212 g/mol. The van der Waals surface area contributed by atoms with Gasteiger partial charge in [0, 0.05) is 0 Å². The van der Waals surface area contributed by atoms with Gasteiger partial charge in [0.15, 0.2) is 0 Å². The standard InChI is InChI=1S/C15H20O2/c1-2-6-14-9-10-15(12-17-14)16-11-13-7-4-3-5-8-13/h2-5,7-8,14-15H,1,6,9-12H2/t14-,15+/m0/s1. The Labute approximate surface area is 103 Å². The highest BCUT2D eigenvalue weighted by Gasteiger charge is 2.21. The molecule has 1 aromatic carbocycles. The molecule has 0 N–H and O–H groups in total. The number of rotatable bonds is 5. The highest BCUT2D eigenvalue weighted by molar-refractivity contribution is 5.13. The molecule has 17 heavy (non-hydrogen) atoms. The molecule has 0 radical (unpaired) electrons. The molecule has 2 nitrogen and oxygen atoms in total. The lowest BCUT2D eigenvalue weighted by atomic mass is 10.0. The number of hydrogen-bond donors (Lipinski definition) is 0. The van der Waals surface area contributed by atoms with E-state index in [2.05, 4.69) is 18.7 Å². The van der Waals surface area contributed by atoms with Crippen LogP contribution >= 0.6 is 0 Å². The summed E-state index contributed by atoms with van der Waals surface area (Å²) in [6, 6.07) is 10.3. The minimum absolute atomic E-state index is 0.247. The van der Waals surface area contributed by atoms with E-state index in [1.807, 2.05) is 24.3 Å². The van der Waals surface area contributed by atoms with Gasteiger partial charge >= 0.3 is 0 Å². The molecule has 0 aromatic heterocycles. The Bertz CT molecular complexity index is 326. The molecule has 1 aliphatic heterocycles. The van der Waals surface area contributed by atoms with E-state index < -0.39 is 0 Å². The van der Waals surface area contributed by atoms with Crippen LogP contribution in [0.5, 0.6) is 0 Å². The summed E-state index contributed by atoms with van der Waals surface area (Å²) in [7, 11) is 0. The Morgan fingerprint density at radius 2 is 2.12 bits per heavy atom. The van der Waals surface area contributed by atoms with Gasteiger partial charge in [0.25, 0.3) is 0 Å². The van der Waals surface area contributed by atoms with Crippen molar-refractivity contribution in [2.75, 3.05) is 6.61 Å². The molecule has 2 atom stereocenters. The van der Waals surface area contributed by atoms with E-state index in [-0.39, 0.29) is 6.10 Å². The number of benzene rings is 1. The van der Waals surface area contributed by atoms with Crippen molar-refractivity contribution in [2.45, 2.75) is 38.1 Å². The Morgan fingerprint density at radius 3 is 2.76 bits per heavy atom. The van der Waals surface area contributed by atoms with Crippen molar-refractivity contribution >= 4 is 0 Å². The summed E-state index contributed by atoms with van der Waals surface area (Å²) >= 11 is 0. The minimum atomic E-state index is 0.247. The lowest BCUT2D eigenvalue weighted by Gasteiger charge is -2.28. The first kappa shape index (κ1) is 12.3. The van der Waals surface area contributed by atoms with Crippen LogP contribution in [0.15, 0.2) is 43.0 Å². The molecule has 0 saturated carbocycles. The molecule has 1 fully saturated rings. The van der Waals surface area contributed by atoms with Crippen molar-refractivity contribution in [1.29, 1.82) is 0 Å². The zero-order valence-corrected chi connectivity index (χ0v) is 10.2. The summed E-state index contributed by atoms with van der Waals surface area (Å²) in [5, 5.41) is 0. The highest BCUT2D eigenvalue weighted by atomic mass is 16.5. The largest absolute Gasteiger partial charge is 0.375 e. The van der Waals surface area contributed by atoms with Gasteiger partial charge < -0.3 is 9.47 Å². The Morgan fingerprint density at radius 1 is 1.29 bits per heavy atom. The van der Waals surface area contributed by atoms with Gasteiger partial charge in [0.05, 0.1) is 25.4 Å². The predicted molar refractivity (Wildman–Crippen MR) is 68.8 cm³/mol. The van der Waals surface area contributed by atoms with Crippen molar-refractivity contribution < 1.29 is 9.47 Å². The van der Waals surface area contributed by atoms with Crippen molar-refractivity contribution in [1.82, 2.24) is 0 Å². The molecular formula is C15H20O2. The van der Waals surface area contributed by atoms with Crippen LogP contribution in [0.2, 0.25) is 0 Å². The molecule has 1 aromatic rings. The summed E-state index contributed by atoms with van der Waals surface area (Å²) < 4.78 is 11.6. The Balaban J connectivity index is 1.70. The normalized spacial score (nSPS) is 24.5. The van der Waals surface area contributed by atoms with E-state index in [9.17, 15) is 0 Å². The molecule has 1 aliphatic rings. The fraction of sp³-hybridized carbons (Fsp3) is 0.467. The first-order valence-electron chi connectivity index (χ1n) is 6.26. The van der Waals surface area contributed by atoms with Crippen molar-refractivity contribution in [3.63, 3.8) is 0 Å². The average Bonchev–Trinajstić information content (AvgIpc) is 2.40. The second-order valence-corrected chi connectivity index (χ2v) is 4.48. The van der Waals surface area contributed by atoms with Gasteiger partial charge in [-0.15, -0.1) is 6.58 Å². The quantitative estimate of drug-likeness (QED) is 0.725. The van der Waals surface area contributed by atoms with Gasteiger partial charge in [-0.05, 0) is 24.8 Å². The van der Waals surface area contributed by atoms with Crippen LogP contribution in [0.25, 0.3) is 0 Å². The molecule has 92 valence electrons. The van der Waals surface area contributed by atoms with E-state index in [1.165, 1.54) is 5.56 Å². The van der Waals surface area contributed by atoms with Gasteiger partial charge in [-0.1, -0.05) is 36.4 Å². The number of ether oxygens (including phenoxy) is 2. The zero-order valence-electron chi connectivity index (χ0n) is 10.2. The van der Waals surface area contributed by atoms with E-state index in [4.69, 9.17) is 9.47 Å². The molecule has 0 unspecified atom stereocenters. The maximum atomic E-state index is 5.84. The van der Waals surface area contributed by atoms with Crippen LogP contribution in [0.3, 0.4) is 0 Å². The summed E-state index contributed by atoms with van der Waals surface area (Å²) in [4.78, 5) is 0. The first-order chi connectivity index (χ1) is 8.38. The monoisotopic (exact) mass is 232 g/mol. The zero-order chi connectivity index (χ0) is 11.9. The third-order valence-corrected chi connectivity index (χ3v) is 3.09. The van der Waals surface area contributed by atoms with Gasteiger partial charge in [-0.2, -0.15) is 0 Å². The lowest BCUT2D eigenvalue weighted by Crippen LogP contribution is -2.31. The molecule has 2 heteroatoms. The second-order valence-electron chi connectivity index (χ2n) is 4.48. The van der Waals surface area contributed by atoms with Crippen LogP contribution in [0, 0.1) is 0 Å². The van der Waals surface area contributed by atoms with E-state index in [0.717, 1.165) is 19.3 Å². The van der Waals surface area contributed by atoms with Crippen molar-refractivity contribution in [2.24, 2.45) is 0 Å². The van der Waals surface area contributed by atoms with Crippen LogP contribution in [-0.4, -0.2) is 18.8 Å². The fourth-order valence-corrected chi connectivity index (χ4v) is 2.07. The Hall–Kier alpha value is -1.12. The highest BCUT2D eigenvalue weighted by Crippen LogP contribution is 2.19. The average molecular weight is 232 g/mol. The maximum absolute atomic E-state index is 5.84. The summed E-state index contributed by atoms with van der Waals surface area (Å²) in [6.45, 7) is 5.13. The summed E-state index contributed by atoms with van der Waals surface area (Å²) in [5.74, 6) is 0. The smallest absolute Gasteiger partial charge is 0.0814 e. The fourth-order valence-electron chi connectivity index (χ4n) is 2.07.